The van der Waals surface area contributed by atoms with Gasteiger partial charge in [-0.25, -0.2) is 4.79 Å². The molecule has 0 radical (unpaired) electrons. The van der Waals surface area contributed by atoms with Crippen LogP contribution in [0.4, 0.5) is 0 Å². The number of nitrogens with zero attached hydrogens (tertiary/aromatic N) is 1. The van der Waals surface area contributed by atoms with Crippen molar-refractivity contribution >= 4 is 11.9 Å². The second-order valence-corrected chi connectivity index (χ2v) is 4.79. The summed E-state index contributed by atoms with van der Waals surface area (Å²) < 4.78 is 1.93. The van der Waals surface area contributed by atoms with Crippen molar-refractivity contribution in [3.8, 4) is 5.69 Å². The molecule has 0 aliphatic carbocycles. The number of aliphatic carboxylic acids is 1. The molecule has 5 nitrogen and oxygen atoms in total. The molecule has 21 heavy (non-hydrogen) atoms. The van der Waals surface area contributed by atoms with E-state index in [1.54, 1.807) is 12.1 Å². The van der Waals surface area contributed by atoms with Gasteiger partial charge in [-0.2, -0.15) is 0 Å². The topological polar surface area (TPSA) is 71.3 Å². The second-order valence-electron chi connectivity index (χ2n) is 4.79. The Balaban J connectivity index is 2.07. The van der Waals surface area contributed by atoms with E-state index in [0.717, 1.165) is 5.69 Å². The molecule has 0 saturated carbocycles. The van der Waals surface area contributed by atoms with Gasteiger partial charge in [0.15, 0.2) is 0 Å². The van der Waals surface area contributed by atoms with Crippen LogP contribution in [-0.2, 0) is 4.79 Å². The summed E-state index contributed by atoms with van der Waals surface area (Å²) in [5, 5.41) is 11.6. The molecular weight excluding hydrogens is 268 g/mol. The van der Waals surface area contributed by atoms with E-state index in [1.165, 1.54) is 0 Å². The number of carbonyl (C=O) groups excluding carboxylic acids is 1. The number of hydrogen-bond donors (Lipinski definition) is 2. The van der Waals surface area contributed by atoms with E-state index in [4.69, 9.17) is 5.11 Å². The summed E-state index contributed by atoms with van der Waals surface area (Å²) in [6.07, 6.45) is 4.94. The molecule has 0 bridgehead atoms. The van der Waals surface area contributed by atoms with Crippen molar-refractivity contribution in [2.24, 2.45) is 0 Å². The number of benzene rings is 1. The number of rotatable bonds is 6. The van der Waals surface area contributed by atoms with Crippen LogP contribution in [0.25, 0.3) is 5.69 Å². The normalized spacial score (nSPS) is 11.9. The fourth-order valence-electron chi connectivity index (χ4n) is 2.08. The van der Waals surface area contributed by atoms with Crippen molar-refractivity contribution in [2.45, 2.75) is 25.8 Å². The summed E-state index contributed by atoms with van der Waals surface area (Å²) in [6.45, 7) is 1.88. The third-order valence-electron chi connectivity index (χ3n) is 3.21. The first kappa shape index (κ1) is 14.8. The molecular formula is C16H18N2O3. The number of nitrogens with one attached hydrogen (secondary N) is 1. The van der Waals surface area contributed by atoms with E-state index in [9.17, 15) is 9.59 Å². The maximum absolute atomic E-state index is 12.1. The zero-order valence-corrected chi connectivity index (χ0v) is 11.8. The second kappa shape index (κ2) is 6.74. The van der Waals surface area contributed by atoms with Gasteiger partial charge >= 0.3 is 5.97 Å². The number of amides is 1. The van der Waals surface area contributed by atoms with Crippen LogP contribution in [0, 0.1) is 0 Å². The quantitative estimate of drug-likeness (QED) is 0.857. The molecule has 1 aromatic carbocycles. The largest absolute Gasteiger partial charge is 0.480 e. The molecule has 0 fully saturated rings. The number of carbonyl (C=O) groups is 2. The Labute approximate surface area is 123 Å². The maximum Gasteiger partial charge on any atom is 0.326 e. The van der Waals surface area contributed by atoms with E-state index in [0.29, 0.717) is 18.4 Å². The number of aromatic nitrogens is 1. The van der Waals surface area contributed by atoms with Crippen LogP contribution in [0.1, 0.15) is 30.1 Å². The van der Waals surface area contributed by atoms with Crippen LogP contribution in [0.3, 0.4) is 0 Å². The lowest BCUT2D eigenvalue weighted by Crippen LogP contribution is -2.40. The summed E-state index contributed by atoms with van der Waals surface area (Å²) in [4.78, 5) is 23.1. The molecule has 0 spiro atoms. The molecule has 0 aliphatic rings. The Morgan fingerprint density at radius 2 is 1.81 bits per heavy atom. The fourth-order valence-corrected chi connectivity index (χ4v) is 2.08. The average Bonchev–Trinajstić information content (AvgIpc) is 3.01. The van der Waals surface area contributed by atoms with Gasteiger partial charge in [0.2, 0.25) is 0 Å². The molecule has 0 unspecified atom stereocenters. The first-order chi connectivity index (χ1) is 10.1. The van der Waals surface area contributed by atoms with Gasteiger partial charge < -0.3 is 15.0 Å². The first-order valence-corrected chi connectivity index (χ1v) is 6.89. The Morgan fingerprint density at radius 3 is 2.33 bits per heavy atom. The lowest BCUT2D eigenvalue weighted by atomic mass is 10.1. The standard InChI is InChI=1S/C16H18N2O3/c1-2-5-14(16(20)21)17-15(19)12-6-8-13(9-7-12)18-10-3-4-11-18/h3-4,6-11,14H,2,5H2,1H3,(H,17,19)(H,20,21)/t14-/m0/s1. The van der Waals surface area contributed by atoms with Crippen molar-refractivity contribution in [1.82, 2.24) is 9.88 Å². The highest BCUT2D eigenvalue weighted by molar-refractivity contribution is 5.96. The third kappa shape index (κ3) is 3.72. The van der Waals surface area contributed by atoms with E-state index in [1.807, 2.05) is 48.1 Å². The highest BCUT2D eigenvalue weighted by atomic mass is 16.4. The minimum atomic E-state index is -1.01. The monoisotopic (exact) mass is 286 g/mol. The van der Waals surface area contributed by atoms with E-state index < -0.39 is 12.0 Å². The molecule has 2 aromatic rings. The molecule has 5 heteroatoms. The van der Waals surface area contributed by atoms with Gasteiger partial charge in [-0.15, -0.1) is 0 Å². The molecule has 1 heterocycles. The zero-order chi connectivity index (χ0) is 15.2. The Morgan fingerprint density at radius 1 is 1.19 bits per heavy atom. The van der Waals surface area contributed by atoms with Crippen LogP contribution in [0.5, 0.6) is 0 Å². The zero-order valence-electron chi connectivity index (χ0n) is 11.8. The molecule has 1 aromatic heterocycles. The summed E-state index contributed by atoms with van der Waals surface area (Å²) in [6, 6.07) is 10.0. The Hall–Kier alpha value is -2.56. The van der Waals surface area contributed by atoms with Gasteiger partial charge in [0.1, 0.15) is 6.04 Å². The highest BCUT2D eigenvalue weighted by Crippen LogP contribution is 2.10. The van der Waals surface area contributed by atoms with Crippen molar-refractivity contribution < 1.29 is 14.7 Å². The van der Waals surface area contributed by atoms with Crippen LogP contribution < -0.4 is 5.32 Å². The van der Waals surface area contributed by atoms with Gasteiger partial charge in [0.05, 0.1) is 0 Å². The van der Waals surface area contributed by atoms with E-state index in [-0.39, 0.29) is 5.91 Å². The van der Waals surface area contributed by atoms with Gasteiger partial charge in [-0.05, 0) is 42.8 Å². The minimum absolute atomic E-state index is 0.366. The van der Waals surface area contributed by atoms with Gasteiger partial charge in [0.25, 0.3) is 5.91 Å². The summed E-state index contributed by atoms with van der Waals surface area (Å²) in [5.74, 6) is -1.37. The molecule has 110 valence electrons. The lowest BCUT2D eigenvalue weighted by Gasteiger charge is -2.13. The molecule has 1 atom stereocenters. The van der Waals surface area contributed by atoms with Crippen molar-refractivity contribution in [2.75, 3.05) is 0 Å². The van der Waals surface area contributed by atoms with Crippen molar-refractivity contribution in [3.63, 3.8) is 0 Å². The highest BCUT2D eigenvalue weighted by Gasteiger charge is 2.19. The number of carboxylic acids is 1. The predicted octanol–water partition coefficient (Wildman–Crippen LogP) is 2.46. The lowest BCUT2D eigenvalue weighted by molar-refractivity contribution is -0.139. The third-order valence-corrected chi connectivity index (χ3v) is 3.21. The maximum atomic E-state index is 12.1. The van der Waals surface area contributed by atoms with Crippen LogP contribution >= 0.6 is 0 Å². The smallest absolute Gasteiger partial charge is 0.326 e. The summed E-state index contributed by atoms with van der Waals surface area (Å²) in [5.41, 5.74) is 1.40. The molecule has 1 amide bonds. The first-order valence-electron chi connectivity index (χ1n) is 6.89. The van der Waals surface area contributed by atoms with Crippen molar-refractivity contribution in [3.05, 3.63) is 54.4 Å². The van der Waals surface area contributed by atoms with Crippen molar-refractivity contribution in [1.29, 1.82) is 0 Å². The molecule has 2 N–H and O–H groups in total. The summed E-state index contributed by atoms with van der Waals surface area (Å²) in [7, 11) is 0. The SMILES string of the molecule is CCC[C@H](NC(=O)c1ccc(-n2cccc2)cc1)C(=O)O. The predicted molar refractivity (Wildman–Crippen MR) is 79.6 cm³/mol. The number of carboxylic acid groups (broad SMARTS) is 1. The van der Waals surface area contributed by atoms with Crippen LogP contribution in [0.15, 0.2) is 48.8 Å². The Kier molecular flexibility index (Phi) is 4.77. The number of hydrogen-bond acceptors (Lipinski definition) is 2. The van der Waals surface area contributed by atoms with Crippen LogP contribution in [0.2, 0.25) is 0 Å². The van der Waals surface area contributed by atoms with Gasteiger partial charge in [-0.3, -0.25) is 4.79 Å². The van der Waals surface area contributed by atoms with E-state index in [2.05, 4.69) is 5.32 Å². The fraction of sp³-hybridized carbons (Fsp3) is 0.250. The Bertz CT molecular complexity index is 603. The molecule has 0 saturated heterocycles. The van der Waals surface area contributed by atoms with E-state index >= 15 is 0 Å². The van der Waals surface area contributed by atoms with Gasteiger partial charge in [-0.1, -0.05) is 13.3 Å². The summed E-state index contributed by atoms with van der Waals surface area (Å²) >= 11 is 0. The minimum Gasteiger partial charge on any atom is -0.480 e. The van der Waals surface area contributed by atoms with Crippen LogP contribution in [-0.4, -0.2) is 27.6 Å². The molecule has 2 rings (SSSR count). The average molecular weight is 286 g/mol. The molecule has 0 aliphatic heterocycles. The van der Waals surface area contributed by atoms with Gasteiger partial charge in [0, 0.05) is 23.6 Å².